The molecule has 3 aromatic heterocycles. The SMILES string of the molecule is Cc1ccc([C@H]2[C@@H](c3ccccn3)NC(=S)N2c2cc(Cl)ccc2O)n1-c1cccnc1. The topological polar surface area (TPSA) is 66.2 Å². The molecule has 1 saturated heterocycles. The maximum Gasteiger partial charge on any atom is 0.174 e. The van der Waals surface area contributed by atoms with E-state index in [1.807, 2.05) is 48.4 Å². The molecule has 2 atom stereocenters. The quantitative estimate of drug-likeness (QED) is 0.411. The second kappa shape index (κ2) is 8.26. The summed E-state index contributed by atoms with van der Waals surface area (Å²) in [7, 11) is 0. The van der Waals surface area contributed by atoms with Gasteiger partial charge in [-0.05, 0) is 73.7 Å². The van der Waals surface area contributed by atoms with Crippen LogP contribution in [0, 0.1) is 6.92 Å². The highest BCUT2D eigenvalue weighted by Crippen LogP contribution is 2.45. The Labute approximate surface area is 196 Å². The van der Waals surface area contributed by atoms with Gasteiger partial charge < -0.3 is 19.9 Å². The van der Waals surface area contributed by atoms with Gasteiger partial charge in [0.05, 0.1) is 29.3 Å². The zero-order chi connectivity index (χ0) is 22.2. The molecule has 0 radical (unpaired) electrons. The third-order valence-corrected chi connectivity index (χ3v) is 6.16. The van der Waals surface area contributed by atoms with Gasteiger partial charge in [0.25, 0.3) is 0 Å². The summed E-state index contributed by atoms with van der Waals surface area (Å²) < 4.78 is 2.15. The number of hydrogen-bond acceptors (Lipinski definition) is 4. The number of phenols is 1. The molecule has 0 spiro atoms. The van der Waals surface area contributed by atoms with Crippen LogP contribution in [0.2, 0.25) is 5.02 Å². The summed E-state index contributed by atoms with van der Waals surface area (Å²) in [6.07, 6.45) is 5.34. The molecule has 1 aliphatic rings. The Morgan fingerprint density at radius 3 is 2.69 bits per heavy atom. The fourth-order valence-corrected chi connectivity index (χ4v) is 4.74. The predicted octanol–water partition coefficient (Wildman–Crippen LogP) is 5.11. The van der Waals surface area contributed by atoms with Crippen molar-refractivity contribution in [3.63, 3.8) is 0 Å². The number of benzene rings is 1. The minimum absolute atomic E-state index is 0.0985. The van der Waals surface area contributed by atoms with Gasteiger partial charge >= 0.3 is 0 Å². The van der Waals surface area contributed by atoms with Gasteiger partial charge in [0.2, 0.25) is 0 Å². The predicted molar refractivity (Wildman–Crippen MR) is 129 cm³/mol. The molecule has 1 aromatic carbocycles. The van der Waals surface area contributed by atoms with Gasteiger partial charge in [0.1, 0.15) is 11.8 Å². The first-order valence-corrected chi connectivity index (χ1v) is 10.9. The minimum atomic E-state index is -0.296. The second-order valence-electron chi connectivity index (χ2n) is 7.58. The second-order valence-corrected chi connectivity index (χ2v) is 8.40. The molecule has 5 rings (SSSR count). The average molecular weight is 462 g/mol. The normalized spacial score (nSPS) is 18.1. The molecular weight excluding hydrogens is 442 g/mol. The Morgan fingerprint density at radius 1 is 1.06 bits per heavy atom. The number of halogens is 1. The van der Waals surface area contributed by atoms with Crippen molar-refractivity contribution in [2.24, 2.45) is 0 Å². The van der Waals surface area contributed by atoms with E-state index in [1.54, 1.807) is 30.6 Å². The molecular formula is C24H20ClN5OS. The van der Waals surface area contributed by atoms with Crippen molar-refractivity contribution in [1.29, 1.82) is 0 Å². The molecule has 0 aliphatic carbocycles. The fraction of sp³-hybridized carbons (Fsp3) is 0.125. The van der Waals surface area contributed by atoms with Gasteiger partial charge in [-0.1, -0.05) is 17.7 Å². The van der Waals surface area contributed by atoms with Crippen LogP contribution in [0.15, 0.2) is 79.3 Å². The third kappa shape index (κ3) is 3.49. The van der Waals surface area contributed by atoms with Crippen LogP contribution >= 0.6 is 23.8 Å². The number of rotatable bonds is 4. The van der Waals surface area contributed by atoms with Gasteiger partial charge in [-0.25, -0.2) is 0 Å². The lowest BCUT2D eigenvalue weighted by Gasteiger charge is -2.29. The summed E-state index contributed by atoms with van der Waals surface area (Å²) in [5.74, 6) is 0.0985. The van der Waals surface area contributed by atoms with Crippen molar-refractivity contribution in [2.75, 3.05) is 4.90 Å². The van der Waals surface area contributed by atoms with Crippen LogP contribution in [0.3, 0.4) is 0 Å². The first-order valence-electron chi connectivity index (χ1n) is 10.1. The fourth-order valence-electron chi connectivity index (χ4n) is 4.23. The van der Waals surface area contributed by atoms with Crippen molar-refractivity contribution < 1.29 is 5.11 Å². The largest absolute Gasteiger partial charge is 0.506 e. The van der Waals surface area contributed by atoms with Crippen LogP contribution in [-0.2, 0) is 0 Å². The molecule has 0 unspecified atom stereocenters. The Kier molecular flexibility index (Phi) is 5.28. The number of hydrogen-bond donors (Lipinski definition) is 2. The number of nitrogens with zero attached hydrogens (tertiary/aromatic N) is 4. The highest BCUT2D eigenvalue weighted by molar-refractivity contribution is 7.80. The van der Waals surface area contributed by atoms with Crippen molar-refractivity contribution in [2.45, 2.75) is 19.0 Å². The Bertz CT molecular complexity index is 1280. The molecule has 4 aromatic rings. The first kappa shape index (κ1) is 20.5. The van der Waals surface area contributed by atoms with Gasteiger partial charge in [-0.2, -0.15) is 0 Å². The molecule has 0 saturated carbocycles. The number of aromatic hydroxyl groups is 1. The minimum Gasteiger partial charge on any atom is -0.506 e. The van der Waals surface area contributed by atoms with Crippen molar-refractivity contribution in [1.82, 2.24) is 19.9 Å². The lowest BCUT2D eigenvalue weighted by Crippen LogP contribution is -2.30. The highest BCUT2D eigenvalue weighted by atomic mass is 35.5. The van der Waals surface area contributed by atoms with Crippen LogP contribution in [0.4, 0.5) is 5.69 Å². The summed E-state index contributed by atoms with van der Waals surface area (Å²) in [6.45, 7) is 2.05. The number of thiocarbonyl (C=S) groups is 1. The number of phenolic OH excluding ortho intramolecular Hbond substituents is 1. The van der Waals surface area contributed by atoms with Crippen LogP contribution in [0.1, 0.15) is 29.2 Å². The van der Waals surface area contributed by atoms with Gasteiger partial charge in [-0.15, -0.1) is 0 Å². The molecule has 8 heteroatoms. The Balaban J connectivity index is 1.73. The summed E-state index contributed by atoms with van der Waals surface area (Å²) in [5.41, 5.74) is 4.37. The van der Waals surface area contributed by atoms with Crippen molar-refractivity contribution in [3.05, 3.63) is 101 Å². The number of pyridine rings is 2. The maximum absolute atomic E-state index is 10.7. The van der Waals surface area contributed by atoms with E-state index in [2.05, 4.69) is 32.0 Å². The smallest absolute Gasteiger partial charge is 0.174 e. The number of nitrogens with one attached hydrogen (secondary N) is 1. The third-order valence-electron chi connectivity index (χ3n) is 5.61. The van der Waals surface area contributed by atoms with E-state index in [-0.39, 0.29) is 17.8 Å². The molecule has 0 amide bonds. The van der Waals surface area contributed by atoms with E-state index in [0.29, 0.717) is 15.8 Å². The molecule has 32 heavy (non-hydrogen) atoms. The van der Waals surface area contributed by atoms with E-state index in [0.717, 1.165) is 22.8 Å². The van der Waals surface area contributed by atoms with Gasteiger partial charge in [0.15, 0.2) is 5.11 Å². The van der Waals surface area contributed by atoms with E-state index < -0.39 is 0 Å². The van der Waals surface area contributed by atoms with Gasteiger partial charge in [-0.3, -0.25) is 9.97 Å². The van der Waals surface area contributed by atoms with E-state index in [1.165, 1.54) is 0 Å². The van der Waals surface area contributed by atoms with E-state index >= 15 is 0 Å². The standard InChI is InChI=1S/C24H20ClN5OS/c1-15-7-9-19(29(15)17-5-4-11-26-14-17)23-22(18-6-2-3-12-27-18)28-24(32)30(23)20-13-16(25)8-10-21(20)31/h2-14,22-23,31H,1H3,(H,28,32)/t22-,23+/m1/s1. The average Bonchev–Trinajstić information content (AvgIpc) is 3.36. The summed E-state index contributed by atoms with van der Waals surface area (Å²) >= 11 is 12.1. The van der Waals surface area contributed by atoms with Crippen LogP contribution in [0.25, 0.3) is 5.69 Å². The molecule has 1 aliphatic heterocycles. The van der Waals surface area contributed by atoms with Crippen molar-refractivity contribution >= 4 is 34.6 Å². The molecule has 1 fully saturated rings. The van der Waals surface area contributed by atoms with Crippen LogP contribution < -0.4 is 10.2 Å². The number of anilines is 1. The Hall–Kier alpha value is -3.42. The van der Waals surface area contributed by atoms with Crippen LogP contribution in [0.5, 0.6) is 5.75 Å². The van der Waals surface area contributed by atoms with Crippen molar-refractivity contribution in [3.8, 4) is 11.4 Å². The number of aromatic nitrogens is 3. The molecule has 160 valence electrons. The summed E-state index contributed by atoms with van der Waals surface area (Å²) in [5, 5.41) is 15.1. The maximum atomic E-state index is 10.7. The zero-order valence-corrected chi connectivity index (χ0v) is 18.8. The molecule has 4 heterocycles. The summed E-state index contributed by atoms with van der Waals surface area (Å²) in [6, 6.07) is 18.3. The van der Waals surface area contributed by atoms with Crippen LogP contribution in [-0.4, -0.2) is 24.8 Å². The lowest BCUT2D eigenvalue weighted by atomic mass is 10.0. The molecule has 2 N–H and O–H groups in total. The number of aryl methyl sites for hydroxylation is 1. The van der Waals surface area contributed by atoms with E-state index in [4.69, 9.17) is 23.8 Å². The molecule has 6 nitrogen and oxygen atoms in total. The Morgan fingerprint density at radius 2 is 1.94 bits per heavy atom. The van der Waals surface area contributed by atoms with E-state index in [9.17, 15) is 5.11 Å². The lowest BCUT2D eigenvalue weighted by molar-refractivity contribution is 0.472. The monoisotopic (exact) mass is 461 g/mol. The first-order chi connectivity index (χ1) is 15.5. The summed E-state index contributed by atoms with van der Waals surface area (Å²) in [4.78, 5) is 10.8. The van der Waals surface area contributed by atoms with Gasteiger partial charge in [0, 0.05) is 28.8 Å². The highest BCUT2D eigenvalue weighted by Gasteiger charge is 2.43. The zero-order valence-electron chi connectivity index (χ0n) is 17.2. The molecule has 0 bridgehead atoms.